The summed E-state index contributed by atoms with van der Waals surface area (Å²) in [5.41, 5.74) is 1.11. The third-order valence-electron chi connectivity index (χ3n) is 3.05. The van der Waals surface area contributed by atoms with Crippen molar-refractivity contribution in [3.63, 3.8) is 0 Å². The number of aryl methyl sites for hydroxylation is 1. The third-order valence-corrected chi connectivity index (χ3v) is 5.11. The van der Waals surface area contributed by atoms with Gasteiger partial charge in [0.15, 0.2) is 4.34 Å². The Kier molecular flexibility index (Phi) is 5.84. The quantitative estimate of drug-likeness (QED) is 0.790. The van der Waals surface area contributed by atoms with Gasteiger partial charge in [-0.05, 0) is 20.0 Å². The van der Waals surface area contributed by atoms with E-state index in [1.165, 1.54) is 0 Å². The van der Waals surface area contributed by atoms with E-state index in [0.29, 0.717) is 0 Å². The average Bonchev–Trinajstić information content (AvgIpc) is 2.93. The molecule has 0 radical (unpaired) electrons. The average molecular weight is 325 g/mol. The molecule has 0 bridgehead atoms. The number of ether oxygens (including phenoxy) is 2. The highest BCUT2D eigenvalue weighted by Gasteiger charge is 2.16. The second-order valence-electron chi connectivity index (χ2n) is 4.35. The van der Waals surface area contributed by atoms with Crippen LogP contribution in [0.15, 0.2) is 22.5 Å². The number of methoxy groups -OCH3 is 2. The Morgan fingerprint density at radius 2 is 2.10 bits per heavy atom. The first kappa shape index (κ1) is 16.1. The Labute approximate surface area is 133 Å². The maximum absolute atomic E-state index is 5.47. The predicted molar refractivity (Wildman–Crippen MR) is 86.7 cm³/mol. The van der Waals surface area contributed by atoms with Crippen LogP contribution in [0, 0.1) is 6.92 Å². The van der Waals surface area contributed by atoms with Crippen molar-refractivity contribution in [3.8, 4) is 11.5 Å². The lowest BCUT2D eigenvalue weighted by Crippen LogP contribution is -2.19. The fourth-order valence-electron chi connectivity index (χ4n) is 1.93. The van der Waals surface area contributed by atoms with Crippen LogP contribution in [0.25, 0.3) is 0 Å². The molecule has 21 heavy (non-hydrogen) atoms. The first-order chi connectivity index (χ1) is 10.2. The first-order valence-corrected chi connectivity index (χ1v) is 8.30. The zero-order valence-corrected chi connectivity index (χ0v) is 14.2. The molecule has 0 saturated heterocycles. The van der Waals surface area contributed by atoms with Gasteiger partial charge < -0.3 is 14.8 Å². The molecule has 0 saturated carbocycles. The highest BCUT2D eigenvalue weighted by Crippen LogP contribution is 2.33. The zero-order chi connectivity index (χ0) is 15.2. The fraction of sp³-hybridized carbons (Fsp3) is 0.429. The summed E-state index contributed by atoms with van der Waals surface area (Å²) in [6, 6.07) is 6.05. The molecule has 7 heteroatoms. The number of nitrogens with one attached hydrogen (secondary N) is 1. The number of thioether (sulfide) groups is 1. The molecular formula is C14H19N3O2S2. The molecule has 1 heterocycles. The van der Waals surface area contributed by atoms with Crippen LogP contribution in [0.4, 0.5) is 0 Å². The summed E-state index contributed by atoms with van der Waals surface area (Å²) >= 11 is 3.31. The lowest BCUT2D eigenvalue weighted by molar-refractivity contribution is 0.387. The van der Waals surface area contributed by atoms with Gasteiger partial charge in [-0.25, -0.2) is 0 Å². The van der Waals surface area contributed by atoms with Gasteiger partial charge >= 0.3 is 0 Å². The molecule has 1 N–H and O–H groups in total. The minimum absolute atomic E-state index is 0.167. The van der Waals surface area contributed by atoms with Gasteiger partial charge in [0.1, 0.15) is 16.5 Å². The molecule has 0 fully saturated rings. The number of aromatic nitrogens is 2. The lowest BCUT2D eigenvalue weighted by atomic mass is 10.1. The second kappa shape index (κ2) is 7.63. The van der Waals surface area contributed by atoms with E-state index in [9.17, 15) is 0 Å². The molecule has 1 aromatic carbocycles. The standard InChI is InChI=1S/C14H19N3O2S2/c1-9-16-17-14(21-9)20-8-12(15-2)11-6-5-10(18-3)7-13(11)19-4/h5-7,12,15H,8H2,1-4H3. The number of benzene rings is 1. The number of nitrogens with zero attached hydrogens (tertiary/aromatic N) is 2. The maximum atomic E-state index is 5.47. The zero-order valence-electron chi connectivity index (χ0n) is 12.5. The fourth-order valence-corrected chi connectivity index (χ4v) is 3.90. The van der Waals surface area contributed by atoms with Gasteiger partial charge in [0.05, 0.1) is 14.2 Å². The van der Waals surface area contributed by atoms with E-state index < -0.39 is 0 Å². The molecule has 1 aromatic heterocycles. The number of rotatable bonds is 7. The molecule has 1 unspecified atom stereocenters. The molecule has 0 aliphatic rings. The van der Waals surface area contributed by atoms with Gasteiger partial charge in [-0.3, -0.25) is 0 Å². The Bertz CT molecular complexity index is 589. The largest absolute Gasteiger partial charge is 0.497 e. The van der Waals surface area contributed by atoms with E-state index in [1.807, 2.05) is 32.2 Å². The minimum Gasteiger partial charge on any atom is -0.497 e. The van der Waals surface area contributed by atoms with Crippen molar-refractivity contribution >= 4 is 23.1 Å². The van der Waals surface area contributed by atoms with E-state index in [1.54, 1.807) is 37.3 Å². The van der Waals surface area contributed by atoms with Crippen molar-refractivity contribution in [2.24, 2.45) is 0 Å². The van der Waals surface area contributed by atoms with Crippen molar-refractivity contribution in [2.45, 2.75) is 17.3 Å². The van der Waals surface area contributed by atoms with Gasteiger partial charge in [0.25, 0.3) is 0 Å². The van der Waals surface area contributed by atoms with Crippen LogP contribution in [0.3, 0.4) is 0 Å². The van der Waals surface area contributed by atoms with Crippen molar-refractivity contribution < 1.29 is 9.47 Å². The molecule has 0 aliphatic heterocycles. The Hall–Kier alpha value is -1.31. The molecule has 0 amide bonds. The van der Waals surface area contributed by atoms with Crippen LogP contribution in [-0.2, 0) is 0 Å². The first-order valence-electron chi connectivity index (χ1n) is 6.50. The molecule has 0 spiro atoms. The van der Waals surface area contributed by atoms with E-state index in [0.717, 1.165) is 32.2 Å². The van der Waals surface area contributed by atoms with Crippen molar-refractivity contribution in [2.75, 3.05) is 27.0 Å². The Morgan fingerprint density at radius 1 is 1.29 bits per heavy atom. The van der Waals surface area contributed by atoms with Crippen LogP contribution >= 0.6 is 23.1 Å². The molecular weight excluding hydrogens is 306 g/mol. The lowest BCUT2D eigenvalue weighted by Gasteiger charge is -2.19. The van der Waals surface area contributed by atoms with Crippen LogP contribution in [0.2, 0.25) is 0 Å². The van der Waals surface area contributed by atoms with Gasteiger partial charge in [0, 0.05) is 23.4 Å². The molecule has 2 rings (SSSR count). The summed E-state index contributed by atoms with van der Waals surface area (Å²) < 4.78 is 11.7. The molecule has 2 aromatic rings. The van der Waals surface area contributed by atoms with E-state index >= 15 is 0 Å². The summed E-state index contributed by atoms with van der Waals surface area (Å²) in [5.74, 6) is 2.47. The van der Waals surface area contributed by atoms with Crippen LogP contribution < -0.4 is 14.8 Å². The molecule has 0 aliphatic carbocycles. The van der Waals surface area contributed by atoms with Crippen molar-refractivity contribution in [1.29, 1.82) is 0 Å². The Balaban J connectivity index is 2.12. The summed E-state index contributed by atoms with van der Waals surface area (Å²) in [5, 5.41) is 12.5. The Morgan fingerprint density at radius 3 is 2.67 bits per heavy atom. The van der Waals surface area contributed by atoms with Gasteiger partial charge in [-0.2, -0.15) is 0 Å². The minimum atomic E-state index is 0.167. The van der Waals surface area contributed by atoms with Gasteiger partial charge in [-0.1, -0.05) is 29.2 Å². The third kappa shape index (κ3) is 4.09. The van der Waals surface area contributed by atoms with E-state index in [4.69, 9.17) is 9.47 Å². The van der Waals surface area contributed by atoms with E-state index in [-0.39, 0.29) is 6.04 Å². The van der Waals surface area contributed by atoms with Crippen molar-refractivity contribution in [1.82, 2.24) is 15.5 Å². The molecule has 114 valence electrons. The number of hydrogen-bond acceptors (Lipinski definition) is 7. The smallest absolute Gasteiger partial charge is 0.174 e. The monoisotopic (exact) mass is 325 g/mol. The predicted octanol–water partition coefficient (Wildman–Crippen LogP) is 2.92. The van der Waals surface area contributed by atoms with Crippen LogP contribution in [0.1, 0.15) is 16.6 Å². The highest BCUT2D eigenvalue weighted by atomic mass is 32.2. The van der Waals surface area contributed by atoms with Gasteiger partial charge in [0.2, 0.25) is 0 Å². The normalized spacial score (nSPS) is 12.2. The summed E-state index contributed by atoms with van der Waals surface area (Å²) in [6.45, 7) is 1.96. The molecule has 1 atom stereocenters. The topological polar surface area (TPSA) is 56.3 Å². The maximum Gasteiger partial charge on any atom is 0.174 e. The van der Waals surface area contributed by atoms with Crippen molar-refractivity contribution in [3.05, 3.63) is 28.8 Å². The summed E-state index contributed by atoms with van der Waals surface area (Å²) in [4.78, 5) is 0. The van der Waals surface area contributed by atoms with Crippen LogP contribution in [-0.4, -0.2) is 37.2 Å². The van der Waals surface area contributed by atoms with E-state index in [2.05, 4.69) is 15.5 Å². The summed E-state index contributed by atoms with van der Waals surface area (Å²) in [7, 11) is 5.27. The molecule has 5 nitrogen and oxygen atoms in total. The van der Waals surface area contributed by atoms with Crippen LogP contribution in [0.5, 0.6) is 11.5 Å². The highest BCUT2D eigenvalue weighted by molar-refractivity contribution is 8.01. The van der Waals surface area contributed by atoms with Gasteiger partial charge in [-0.15, -0.1) is 10.2 Å². The second-order valence-corrected chi connectivity index (χ2v) is 6.80. The number of hydrogen-bond donors (Lipinski definition) is 1. The SMILES string of the molecule is CNC(CSc1nnc(C)s1)c1ccc(OC)cc1OC. The summed E-state index contributed by atoms with van der Waals surface area (Å²) in [6.07, 6.45) is 0.